The molecule has 2 aromatic carbocycles. The van der Waals surface area contributed by atoms with Gasteiger partial charge in [0.1, 0.15) is 17.6 Å². The topological polar surface area (TPSA) is 121 Å². The van der Waals surface area contributed by atoms with E-state index in [0.717, 1.165) is 18.4 Å². The first-order chi connectivity index (χ1) is 18.5. The van der Waals surface area contributed by atoms with E-state index in [4.69, 9.17) is 24.7 Å². The van der Waals surface area contributed by atoms with Gasteiger partial charge in [0.15, 0.2) is 0 Å². The van der Waals surface area contributed by atoms with Crippen LogP contribution < -0.4 is 20.5 Å². The maximum Gasteiger partial charge on any atom is 0.257 e. The number of hydrogen-bond acceptors (Lipinski definition) is 9. The molecule has 200 valence electrons. The molecule has 3 aromatic rings. The third-order valence-electron chi connectivity index (χ3n) is 6.65. The first kappa shape index (κ1) is 25.7. The minimum atomic E-state index is -0.0792. The normalized spacial score (nSPS) is 16.1. The number of amides is 1. The molecule has 0 aliphatic carbocycles. The van der Waals surface area contributed by atoms with Crippen molar-refractivity contribution in [1.82, 2.24) is 14.9 Å². The van der Waals surface area contributed by atoms with Gasteiger partial charge in [0.05, 0.1) is 43.4 Å². The summed E-state index contributed by atoms with van der Waals surface area (Å²) in [6, 6.07) is 12.8. The van der Waals surface area contributed by atoms with Gasteiger partial charge in [-0.3, -0.25) is 4.79 Å². The lowest BCUT2D eigenvalue weighted by Gasteiger charge is -2.38. The highest BCUT2D eigenvalue weighted by atomic mass is 16.5. The zero-order chi connectivity index (χ0) is 26.5. The van der Waals surface area contributed by atoms with Crippen molar-refractivity contribution in [2.45, 2.75) is 32.0 Å². The lowest BCUT2D eigenvalue weighted by Crippen LogP contribution is -2.54. The van der Waals surface area contributed by atoms with Gasteiger partial charge in [-0.15, -0.1) is 0 Å². The molecule has 0 atom stereocenters. The van der Waals surface area contributed by atoms with E-state index in [1.807, 2.05) is 37.3 Å². The molecular weight excluding hydrogens is 486 g/mol. The van der Waals surface area contributed by atoms with Gasteiger partial charge >= 0.3 is 0 Å². The number of nitrogens with one attached hydrogen (secondary N) is 1. The average molecular weight is 520 g/mol. The van der Waals surface area contributed by atoms with Crippen LogP contribution in [0, 0.1) is 0 Å². The minimum absolute atomic E-state index is 0.0792. The highest BCUT2D eigenvalue weighted by molar-refractivity contribution is 5.98. The number of likely N-dealkylation sites (tertiary alicyclic amines) is 1. The van der Waals surface area contributed by atoms with Crippen LogP contribution in [-0.4, -0.2) is 73.0 Å². The van der Waals surface area contributed by atoms with Crippen molar-refractivity contribution in [3.63, 3.8) is 0 Å². The van der Waals surface area contributed by atoms with Gasteiger partial charge in [0.25, 0.3) is 5.91 Å². The van der Waals surface area contributed by atoms with Crippen LogP contribution in [0.15, 0.2) is 48.7 Å². The van der Waals surface area contributed by atoms with Crippen LogP contribution in [-0.2, 0) is 9.47 Å². The number of ether oxygens (including phenoxy) is 4. The second kappa shape index (κ2) is 11.7. The van der Waals surface area contributed by atoms with E-state index in [-0.39, 0.29) is 18.1 Å². The standard InChI is InChI=1S/C28H33N5O5/c1-3-37-21-16-33(17-21)27(34)22-6-5-19(15-26(22)35-2)31-28-30-11-8-24(32-28)18-4-7-25(23(29)14-18)38-20-9-12-36-13-10-20/h4-8,11,14-15,20-21H,3,9-10,12-13,16-17,29H2,1-2H3,(H,30,31,32). The second-order valence-corrected chi connectivity index (χ2v) is 9.28. The summed E-state index contributed by atoms with van der Waals surface area (Å²) in [7, 11) is 1.55. The average Bonchev–Trinajstić information content (AvgIpc) is 2.92. The van der Waals surface area contributed by atoms with E-state index < -0.39 is 0 Å². The number of rotatable bonds is 9. The number of carbonyl (C=O) groups excluding carboxylic acids is 1. The Labute approximate surface area is 222 Å². The fourth-order valence-electron chi connectivity index (χ4n) is 4.56. The van der Waals surface area contributed by atoms with E-state index >= 15 is 0 Å². The van der Waals surface area contributed by atoms with E-state index in [9.17, 15) is 4.79 Å². The molecule has 0 radical (unpaired) electrons. The molecule has 0 bridgehead atoms. The molecule has 3 heterocycles. The summed E-state index contributed by atoms with van der Waals surface area (Å²) in [4.78, 5) is 23.7. The lowest BCUT2D eigenvalue weighted by atomic mass is 10.1. The summed E-state index contributed by atoms with van der Waals surface area (Å²) in [6.07, 6.45) is 3.61. The molecule has 38 heavy (non-hydrogen) atoms. The van der Waals surface area contributed by atoms with E-state index in [1.54, 1.807) is 30.3 Å². The Morgan fingerprint density at radius 1 is 1.11 bits per heavy atom. The number of carbonyl (C=O) groups is 1. The smallest absolute Gasteiger partial charge is 0.257 e. The van der Waals surface area contributed by atoms with E-state index in [1.165, 1.54) is 0 Å². The zero-order valence-electron chi connectivity index (χ0n) is 21.7. The number of benzene rings is 2. The molecule has 2 aliphatic rings. The molecule has 2 fully saturated rings. The van der Waals surface area contributed by atoms with Crippen molar-refractivity contribution in [3.8, 4) is 22.8 Å². The molecular formula is C28H33N5O5. The quantitative estimate of drug-likeness (QED) is 0.406. The first-order valence-electron chi connectivity index (χ1n) is 12.9. The third kappa shape index (κ3) is 5.81. The van der Waals surface area contributed by atoms with Crippen molar-refractivity contribution >= 4 is 23.2 Å². The monoisotopic (exact) mass is 519 g/mol. The maximum atomic E-state index is 12.9. The van der Waals surface area contributed by atoms with E-state index in [2.05, 4.69) is 15.3 Å². The van der Waals surface area contributed by atoms with Gasteiger partial charge in [-0.2, -0.15) is 0 Å². The second-order valence-electron chi connectivity index (χ2n) is 9.28. The summed E-state index contributed by atoms with van der Waals surface area (Å²) in [5, 5.41) is 3.20. The van der Waals surface area contributed by atoms with E-state index in [0.29, 0.717) is 73.0 Å². The first-order valence-corrected chi connectivity index (χ1v) is 12.9. The molecule has 1 aromatic heterocycles. The van der Waals surface area contributed by atoms with Gasteiger partial charge in [-0.1, -0.05) is 0 Å². The van der Waals surface area contributed by atoms with Crippen LogP contribution >= 0.6 is 0 Å². The summed E-state index contributed by atoms with van der Waals surface area (Å²) >= 11 is 0. The molecule has 1 amide bonds. The van der Waals surface area contributed by atoms with Crippen molar-refractivity contribution in [2.75, 3.05) is 51.1 Å². The number of anilines is 3. The molecule has 10 heteroatoms. The van der Waals surface area contributed by atoms with Gasteiger partial charge in [0.2, 0.25) is 5.95 Å². The summed E-state index contributed by atoms with van der Waals surface area (Å²) in [6.45, 7) is 5.18. The molecule has 5 rings (SSSR count). The van der Waals surface area contributed by atoms with Crippen molar-refractivity contribution in [2.24, 2.45) is 0 Å². The SMILES string of the molecule is CCOC1CN(C(=O)c2ccc(Nc3nccc(-c4ccc(OC5CCOCC5)c(N)c4)n3)cc2OC)C1. The Hall–Kier alpha value is -3.89. The minimum Gasteiger partial charge on any atom is -0.496 e. The Balaban J connectivity index is 1.27. The number of nitrogen functional groups attached to an aromatic ring is 1. The van der Waals surface area contributed by atoms with Crippen LogP contribution in [0.4, 0.5) is 17.3 Å². The van der Waals surface area contributed by atoms with Crippen LogP contribution in [0.2, 0.25) is 0 Å². The fourth-order valence-corrected chi connectivity index (χ4v) is 4.56. The molecule has 2 saturated heterocycles. The summed E-state index contributed by atoms with van der Waals surface area (Å²) in [5.74, 6) is 1.47. The molecule has 3 N–H and O–H groups in total. The Kier molecular flexibility index (Phi) is 7.90. The number of nitrogens with two attached hydrogens (primary N) is 1. The highest BCUT2D eigenvalue weighted by Gasteiger charge is 2.32. The molecule has 2 aliphatic heterocycles. The predicted molar refractivity (Wildman–Crippen MR) is 144 cm³/mol. The van der Waals surface area contributed by atoms with Crippen molar-refractivity contribution < 1.29 is 23.7 Å². The lowest BCUT2D eigenvalue weighted by molar-refractivity contribution is -0.0379. The van der Waals surface area contributed by atoms with Gasteiger partial charge in [-0.05, 0) is 43.3 Å². The van der Waals surface area contributed by atoms with Crippen molar-refractivity contribution in [3.05, 3.63) is 54.2 Å². The number of methoxy groups -OCH3 is 1. The zero-order valence-corrected chi connectivity index (χ0v) is 21.7. The largest absolute Gasteiger partial charge is 0.496 e. The van der Waals surface area contributed by atoms with Gasteiger partial charge < -0.3 is 34.9 Å². The van der Waals surface area contributed by atoms with Gasteiger partial charge in [0, 0.05) is 56.1 Å². The maximum absolute atomic E-state index is 12.9. The fraction of sp³-hybridized carbons (Fsp3) is 0.393. The molecule has 0 spiro atoms. The van der Waals surface area contributed by atoms with Crippen molar-refractivity contribution in [1.29, 1.82) is 0 Å². The number of hydrogen-bond donors (Lipinski definition) is 2. The predicted octanol–water partition coefficient (Wildman–Crippen LogP) is 3.90. The van der Waals surface area contributed by atoms with Crippen LogP contribution in [0.25, 0.3) is 11.3 Å². The Morgan fingerprint density at radius 3 is 2.66 bits per heavy atom. The molecule has 10 nitrogen and oxygen atoms in total. The van der Waals surface area contributed by atoms with Gasteiger partial charge in [-0.25, -0.2) is 9.97 Å². The third-order valence-corrected chi connectivity index (χ3v) is 6.65. The van der Waals surface area contributed by atoms with Crippen LogP contribution in [0.3, 0.4) is 0 Å². The summed E-state index contributed by atoms with van der Waals surface area (Å²) < 4.78 is 22.5. The molecule has 0 unspecified atom stereocenters. The van der Waals surface area contributed by atoms with Crippen LogP contribution in [0.1, 0.15) is 30.1 Å². The highest BCUT2D eigenvalue weighted by Crippen LogP contribution is 2.31. The number of nitrogens with zero attached hydrogens (tertiary/aromatic N) is 3. The Morgan fingerprint density at radius 2 is 1.92 bits per heavy atom. The Bertz CT molecular complexity index is 1270. The summed E-state index contributed by atoms with van der Waals surface area (Å²) in [5.41, 5.74) is 9.62. The molecule has 0 saturated carbocycles. The number of aromatic nitrogens is 2. The van der Waals surface area contributed by atoms with Crippen LogP contribution in [0.5, 0.6) is 11.5 Å².